The summed E-state index contributed by atoms with van der Waals surface area (Å²) in [6.45, 7) is 3.04. The summed E-state index contributed by atoms with van der Waals surface area (Å²) >= 11 is 0. The van der Waals surface area contributed by atoms with Gasteiger partial charge in [0, 0.05) is 18.7 Å². The minimum atomic E-state index is 0.101. The molecule has 1 amide bonds. The molecule has 0 bridgehead atoms. The highest BCUT2D eigenvalue weighted by Crippen LogP contribution is 2.33. The first kappa shape index (κ1) is 17.5. The molecule has 2 aromatic rings. The summed E-state index contributed by atoms with van der Waals surface area (Å²) in [5.74, 6) is 1.38. The Kier molecular flexibility index (Phi) is 6.10. The largest absolute Gasteiger partial charge is 0.465 e. The smallest absolute Gasteiger partial charge is 0.246 e. The standard InChI is InChI=1S/C22H27NO2/c1-2-3-10-20-17-19(18-8-5-4-6-9-18)14-15-23(20)22(24)13-12-21-11-7-16-25-21/h4-9,11-13,16,19-20H,2-3,10,14-15,17H2,1H3/b13-12+/t19-,20-/m1/s1. The molecule has 0 unspecified atom stereocenters. The number of amides is 1. The fraction of sp³-hybridized carbons (Fsp3) is 0.409. The molecule has 3 nitrogen and oxygen atoms in total. The van der Waals surface area contributed by atoms with Crippen LogP contribution in [0.2, 0.25) is 0 Å². The molecule has 0 spiro atoms. The van der Waals surface area contributed by atoms with Crippen LogP contribution in [0, 0.1) is 0 Å². The number of rotatable bonds is 6. The van der Waals surface area contributed by atoms with Crippen molar-refractivity contribution in [1.82, 2.24) is 4.90 Å². The molecule has 2 heterocycles. The van der Waals surface area contributed by atoms with Gasteiger partial charge in [0.1, 0.15) is 5.76 Å². The van der Waals surface area contributed by atoms with Crippen molar-refractivity contribution in [2.24, 2.45) is 0 Å². The van der Waals surface area contributed by atoms with Gasteiger partial charge in [-0.05, 0) is 49.0 Å². The van der Waals surface area contributed by atoms with Crippen molar-refractivity contribution in [3.05, 3.63) is 66.1 Å². The summed E-state index contributed by atoms with van der Waals surface area (Å²) in [6.07, 6.45) is 10.6. The Hall–Kier alpha value is -2.29. The van der Waals surface area contributed by atoms with Gasteiger partial charge in [-0.3, -0.25) is 4.79 Å². The van der Waals surface area contributed by atoms with E-state index in [1.54, 1.807) is 18.4 Å². The van der Waals surface area contributed by atoms with Crippen LogP contribution in [0.1, 0.15) is 56.3 Å². The van der Waals surface area contributed by atoms with E-state index >= 15 is 0 Å². The number of likely N-dealkylation sites (tertiary alicyclic amines) is 1. The Morgan fingerprint density at radius 1 is 1.24 bits per heavy atom. The number of benzene rings is 1. The van der Waals surface area contributed by atoms with E-state index in [2.05, 4.69) is 42.2 Å². The van der Waals surface area contributed by atoms with E-state index < -0.39 is 0 Å². The second-order valence-electron chi connectivity index (χ2n) is 6.81. The molecule has 0 N–H and O–H groups in total. The molecule has 1 aromatic heterocycles. The molecule has 1 aliphatic heterocycles. The van der Waals surface area contributed by atoms with E-state index in [-0.39, 0.29) is 5.91 Å². The van der Waals surface area contributed by atoms with Crippen molar-refractivity contribution in [2.75, 3.05) is 6.54 Å². The lowest BCUT2D eigenvalue weighted by molar-refractivity contribution is -0.129. The molecule has 3 rings (SSSR count). The van der Waals surface area contributed by atoms with Gasteiger partial charge in [-0.15, -0.1) is 0 Å². The molecule has 2 atom stereocenters. The third-order valence-corrected chi connectivity index (χ3v) is 5.09. The van der Waals surface area contributed by atoms with Crippen molar-refractivity contribution in [2.45, 2.75) is 51.0 Å². The molecular formula is C22H27NO2. The van der Waals surface area contributed by atoms with Crippen molar-refractivity contribution in [1.29, 1.82) is 0 Å². The van der Waals surface area contributed by atoms with Gasteiger partial charge in [-0.1, -0.05) is 50.1 Å². The lowest BCUT2D eigenvalue weighted by Gasteiger charge is -2.39. The average Bonchev–Trinajstić information content (AvgIpc) is 3.18. The molecule has 1 aliphatic rings. The zero-order valence-corrected chi connectivity index (χ0v) is 14.9. The van der Waals surface area contributed by atoms with Crippen LogP contribution in [0.4, 0.5) is 0 Å². The van der Waals surface area contributed by atoms with Gasteiger partial charge in [0.25, 0.3) is 0 Å². The van der Waals surface area contributed by atoms with Crippen LogP contribution in [0.3, 0.4) is 0 Å². The van der Waals surface area contributed by atoms with E-state index in [1.807, 2.05) is 12.1 Å². The van der Waals surface area contributed by atoms with Crippen molar-refractivity contribution < 1.29 is 9.21 Å². The maximum absolute atomic E-state index is 12.7. The SMILES string of the molecule is CCCC[C@@H]1C[C@H](c2ccccc2)CCN1C(=O)/C=C/c1ccco1. The molecule has 0 aliphatic carbocycles. The van der Waals surface area contributed by atoms with Gasteiger partial charge < -0.3 is 9.32 Å². The van der Waals surface area contributed by atoms with Crippen LogP contribution in [-0.2, 0) is 4.79 Å². The fourth-order valence-electron chi connectivity index (χ4n) is 3.72. The summed E-state index contributed by atoms with van der Waals surface area (Å²) in [4.78, 5) is 14.8. The minimum absolute atomic E-state index is 0.101. The van der Waals surface area contributed by atoms with Crippen LogP contribution in [0.15, 0.2) is 59.2 Å². The van der Waals surface area contributed by atoms with Gasteiger partial charge in [-0.2, -0.15) is 0 Å². The van der Waals surface area contributed by atoms with Gasteiger partial charge >= 0.3 is 0 Å². The Morgan fingerprint density at radius 3 is 2.80 bits per heavy atom. The van der Waals surface area contributed by atoms with Crippen LogP contribution in [0.25, 0.3) is 6.08 Å². The molecule has 25 heavy (non-hydrogen) atoms. The predicted octanol–water partition coefficient (Wildman–Crippen LogP) is 5.26. The third-order valence-electron chi connectivity index (χ3n) is 5.09. The molecule has 0 radical (unpaired) electrons. The normalized spacial score (nSPS) is 20.9. The number of unbranched alkanes of at least 4 members (excludes halogenated alkanes) is 1. The number of carbonyl (C=O) groups is 1. The minimum Gasteiger partial charge on any atom is -0.465 e. The van der Waals surface area contributed by atoms with Crippen molar-refractivity contribution in [3.8, 4) is 0 Å². The second kappa shape index (κ2) is 8.70. The molecular weight excluding hydrogens is 310 g/mol. The Labute approximate surface area is 150 Å². The van der Waals surface area contributed by atoms with E-state index in [4.69, 9.17) is 4.42 Å². The maximum Gasteiger partial charge on any atom is 0.246 e. The van der Waals surface area contributed by atoms with E-state index in [0.717, 1.165) is 44.4 Å². The Morgan fingerprint density at radius 2 is 2.08 bits per heavy atom. The van der Waals surface area contributed by atoms with Crippen LogP contribution < -0.4 is 0 Å². The summed E-state index contributed by atoms with van der Waals surface area (Å²) in [7, 11) is 0. The van der Waals surface area contributed by atoms with E-state index in [1.165, 1.54) is 5.56 Å². The molecule has 1 fully saturated rings. The molecule has 132 valence electrons. The molecule has 1 aromatic carbocycles. The summed E-state index contributed by atoms with van der Waals surface area (Å²) in [6, 6.07) is 14.7. The van der Waals surface area contributed by atoms with Gasteiger partial charge in [0.05, 0.1) is 6.26 Å². The monoisotopic (exact) mass is 337 g/mol. The topological polar surface area (TPSA) is 33.5 Å². The average molecular weight is 337 g/mol. The number of carbonyl (C=O) groups excluding carboxylic acids is 1. The van der Waals surface area contributed by atoms with Crippen molar-refractivity contribution >= 4 is 12.0 Å². The van der Waals surface area contributed by atoms with Gasteiger partial charge in [0.15, 0.2) is 0 Å². The molecule has 1 saturated heterocycles. The summed E-state index contributed by atoms with van der Waals surface area (Å²) in [5.41, 5.74) is 1.40. The number of nitrogens with zero attached hydrogens (tertiary/aromatic N) is 1. The first-order valence-electron chi connectivity index (χ1n) is 9.35. The van der Waals surface area contributed by atoms with Gasteiger partial charge in [-0.25, -0.2) is 0 Å². The lowest BCUT2D eigenvalue weighted by Crippen LogP contribution is -2.45. The molecule has 0 saturated carbocycles. The third kappa shape index (κ3) is 4.62. The van der Waals surface area contributed by atoms with Crippen LogP contribution >= 0.6 is 0 Å². The molecule has 3 heteroatoms. The van der Waals surface area contributed by atoms with Crippen LogP contribution in [0.5, 0.6) is 0 Å². The zero-order valence-electron chi connectivity index (χ0n) is 14.9. The second-order valence-corrected chi connectivity index (χ2v) is 6.81. The highest BCUT2D eigenvalue weighted by atomic mass is 16.3. The first-order chi connectivity index (χ1) is 12.3. The number of furan rings is 1. The zero-order chi connectivity index (χ0) is 17.5. The number of hydrogen-bond acceptors (Lipinski definition) is 2. The maximum atomic E-state index is 12.7. The number of piperidine rings is 1. The van der Waals surface area contributed by atoms with Crippen LogP contribution in [-0.4, -0.2) is 23.4 Å². The van der Waals surface area contributed by atoms with Gasteiger partial charge in [0.2, 0.25) is 5.91 Å². The summed E-state index contributed by atoms with van der Waals surface area (Å²) in [5, 5.41) is 0. The highest BCUT2D eigenvalue weighted by molar-refractivity contribution is 5.91. The lowest BCUT2D eigenvalue weighted by atomic mass is 9.83. The first-order valence-corrected chi connectivity index (χ1v) is 9.35. The van der Waals surface area contributed by atoms with E-state index in [0.29, 0.717) is 12.0 Å². The van der Waals surface area contributed by atoms with Crippen molar-refractivity contribution in [3.63, 3.8) is 0 Å². The quantitative estimate of drug-likeness (QED) is 0.674. The highest BCUT2D eigenvalue weighted by Gasteiger charge is 2.30. The fourth-order valence-corrected chi connectivity index (χ4v) is 3.72. The Balaban J connectivity index is 1.69. The number of hydrogen-bond donors (Lipinski definition) is 0. The Bertz CT molecular complexity index is 675. The summed E-state index contributed by atoms with van der Waals surface area (Å²) < 4.78 is 5.28. The predicted molar refractivity (Wildman–Crippen MR) is 101 cm³/mol. The van der Waals surface area contributed by atoms with E-state index in [9.17, 15) is 4.79 Å².